The number of fused-ring (bicyclic) bond motifs is 4. The maximum absolute atomic E-state index is 5.83. The van der Waals surface area contributed by atoms with E-state index < -0.39 is 0 Å². The molecule has 4 nitrogen and oxygen atoms in total. The van der Waals surface area contributed by atoms with Gasteiger partial charge in [-0.2, -0.15) is 5.06 Å². The Morgan fingerprint density at radius 1 is 1.11 bits per heavy atom. The molecule has 5 heteroatoms. The van der Waals surface area contributed by atoms with E-state index in [9.17, 15) is 0 Å². The van der Waals surface area contributed by atoms with Crippen molar-refractivity contribution in [1.29, 1.82) is 0 Å². The Labute approximate surface area is 165 Å². The van der Waals surface area contributed by atoms with Gasteiger partial charge in [-0.25, -0.2) is 0 Å². The Morgan fingerprint density at radius 2 is 1.93 bits per heavy atom. The first-order valence-corrected chi connectivity index (χ1v) is 10.6. The van der Waals surface area contributed by atoms with Gasteiger partial charge in [0.25, 0.3) is 0 Å². The van der Waals surface area contributed by atoms with Gasteiger partial charge in [-0.3, -0.25) is 9.83 Å². The lowest BCUT2D eigenvalue weighted by molar-refractivity contribution is -0.113. The van der Waals surface area contributed by atoms with Crippen molar-refractivity contribution < 1.29 is 4.84 Å². The molecule has 3 aliphatic heterocycles. The summed E-state index contributed by atoms with van der Waals surface area (Å²) < 4.78 is 0. The fourth-order valence-corrected chi connectivity index (χ4v) is 5.67. The van der Waals surface area contributed by atoms with Gasteiger partial charge >= 0.3 is 0 Å². The minimum Gasteiger partial charge on any atom is -0.344 e. The minimum absolute atomic E-state index is 0.406. The molecule has 27 heavy (non-hydrogen) atoms. The highest BCUT2D eigenvalue weighted by atomic mass is 32.2. The van der Waals surface area contributed by atoms with Gasteiger partial charge < -0.3 is 4.90 Å². The monoisotopic (exact) mass is 379 g/mol. The number of piperidine rings is 1. The summed E-state index contributed by atoms with van der Waals surface area (Å²) in [4.78, 5) is 14.8. The van der Waals surface area contributed by atoms with Crippen molar-refractivity contribution in [2.24, 2.45) is 10.9 Å². The summed E-state index contributed by atoms with van der Waals surface area (Å²) in [6.45, 7) is 2.70. The molecule has 0 N–H and O–H groups in total. The molecule has 0 bridgehead atoms. The topological polar surface area (TPSA) is 28.1 Å². The Balaban J connectivity index is 1.41. The lowest BCUT2D eigenvalue weighted by Gasteiger charge is -2.46. The maximum atomic E-state index is 5.83. The standard InChI is InChI=1S/C22H25N3OS/c1-24-19-13-20-18-9-5-6-10-21(18)27-22(25(20)14-17(19)15-26-24)23-12-11-16-7-3-2-4-8-16/h2-10,17,19-20H,11-15H2,1H3/t17-,19-,20-/m0/s1. The number of benzene rings is 2. The van der Waals surface area contributed by atoms with Crippen LogP contribution in [0.5, 0.6) is 0 Å². The van der Waals surface area contributed by atoms with Gasteiger partial charge in [0.15, 0.2) is 5.17 Å². The van der Waals surface area contributed by atoms with Crippen LogP contribution in [0.15, 0.2) is 64.5 Å². The summed E-state index contributed by atoms with van der Waals surface area (Å²) in [7, 11) is 2.08. The van der Waals surface area contributed by atoms with Crippen LogP contribution >= 0.6 is 11.8 Å². The number of hydroxylamine groups is 2. The average Bonchev–Trinajstić information content (AvgIpc) is 3.08. The first kappa shape index (κ1) is 17.3. The third-order valence-electron chi connectivity index (χ3n) is 5.99. The molecule has 0 amide bonds. The van der Waals surface area contributed by atoms with Gasteiger partial charge in [-0.1, -0.05) is 60.3 Å². The zero-order chi connectivity index (χ0) is 18.2. The predicted octanol–water partition coefficient (Wildman–Crippen LogP) is 4.00. The first-order chi connectivity index (χ1) is 13.3. The molecule has 5 rings (SSSR count). The highest BCUT2D eigenvalue weighted by molar-refractivity contribution is 8.14. The summed E-state index contributed by atoms with van der Waals surface area (Å²) >= 11 is 1.83. The number of hydrogen-bond donors (Lipinski definition) is 0. The van der Waals surface area contributed by atoms with Crippen molar-refractivity contribution in [1.82, 2.24) is 9.96 Å². The van der Waals surface area contributed by atoms with Gasteiger partial charge in [-0.05, 0) is 30.0 Å². The van der Waals surface area contributed by atoms with Gasteiger partial charge in [0.1, 0.15) is 0 Å². The second kappa shape index (κ2) is 7.30. The van der Waals surface area contributed by atoms with E-state index >= 15 is 0 Å². The quantitative estimate of drug-likeness (QED) is 0.806. The predicted molar refractivity (Wildman–Crippen MR) is 110 cm³/mol. The number of nitrogens with zero attached hydrogens (tertiary/aromatic N) is 3. The number of amidine groups is 1. The molecular formula is C22H25N3OS. The molecule has 0 spiro atoms. The van der Waals surface area contributed by atoms with Crippen LogP contribution in [0.25, 0.3) is 0 Å². The van der Waals surface area contributed by atoms with Crippen LogP contribution in [-0.4, -0.2) is 47.9 Å². The number of thioether (sulfide) groups is 1. The van der Waals surface area contributed by atoms with Crippen molar-refractivity contribution in [3.63, 3.8) is 0 Å². The first-order valence-electron chi connectivity index (χ1n) is 9.77. The van der Waals surface area contributed by atoms with Crippen LogP contribution in [0.3, 0.4) is 0 Å². The van der Waals surface area contributed by atoms with Crippen molar-refractivity contribution in [2.45, 2.75) is 29.8 Å². The van der Waals surface area contributed by atoms with E-state index in [0.29, 0.717) is 18.0 Å². The minimum atomic E-state index is 0.406. The van der Waals surface area contributed by atoms with E-state index in [-0.39, 0.29) is 0 Å². The molecule has 0 aliphatic carbocycles. The fraction of sp³-hybridized carbons (Fsp3) is 0.409. The van der Waals surface area contributed by atoms with Crippen molar-refractivity contribution in [3.05, 3.63) is 65.7 Å². The molecule has 0 saturated carbocycles. The van der Waals surface area contributed by atoms with E-state index in [2.05, 4.69) is 71.6 Å². The van der Waals surface area contributed by atoms with Crippen LogP contribution in [0.1, 0.15) is 23.6 Å². The van der Waals surface area contributed by atoms with E-state index in [1.807, 2.05) is 11.8 Å². The van der Waals surface area contributed by atoms with Crippen molar-refractivity contribution in [2.75, 3.05) is 26.7 Å². The van der Waals surface area contributed by atoms with E-state index in [0.717, 1.165) is 32.5 Å². The van der Waals surface area contributed by atoms with Gasteiger partial charge in [0, 0.05) is 37.0 Å². The summed E-state index contributed by atoms with van der Waals surface area (Å²) in [5, 5.41) is 3.26. The van der Waals surface area contributed by atoms with E-state index in [1.165, 1.54) is 21.2 Å². The van der Waals surface area contributed by atoms with Crippen LogP contribution < -0.4 is 0 Å². The fourth-order valence-electron chi connectivity index (χ4n) is 4.53. The molecule has 0 unspecified atom stereocenters. The molecule has 140 valence electrons. The molecular weight excluding hydrogens is 354 g/mol. The summed E-state index contributed by atoms with van der Waals surface area (Å²) in [6.07, 6.45) is 2.10. The zero-order valence-electron chi connectivity index (χ0n) is 15.6. The highest BCUT2D eigenvalue weighted by Gasteiger charge is 2.45. The highest BCUT2D eigenvalue weighted by Crippen LogP contribution is 2.46. The van der Waals surface area contributed by atoms with Crippen LogP contribution in [0.2, 0.25) is 0 Å². The number of rotatable bonds is 3. The van der Waals surface area contributed by atoms with Gasteiger partial charge in [0.05, 0.1) is 12.6 Å². The molecule has 2 aromatic rings. The largest absolute Gasteiger partial charge is 0.344 e. The van der Waals surface area contributed by atoms with E-state index in [4.69, 9.17) is 9.83 Å². The van der Waals surface area contributed by atoms with Crippen molar-refractivity contribution >= 4 is 16.9 Å². The summed E-state index contributed by atoms with van der Waals surface area (Å²) in [6, 6.07) is 20.4. The SMILES string of the molecule is CN1OC[C@@H]2CN3C(=NCCc4ccccc4)Sc4ccccc4[C@@H]3C[C@@H]21. The Bertz CT molecular complexity index is 840. The lowest BCUT2D eigenvalue weighted by atomic mass is 9.86. The van der Waals surface area contributed by atoms with Gasteiger partial charge in [-0.15, -0.1) is 0 Å². The average molecular weight is 380 g/mol. The summed E-state index contributed by atoms with van der Waals surface area (Å²) in [5.74, 6) is 0.566. The third kappa shape index (κ3) is 3.28. The van der Waals surface area contributed by atoms with Crippen LogP contribution in [0, 0.1) is 5.92 Å². The second-order valence-electron chi connectivity index (χ2n) is 7.61. The molecule has 3 aliphatic rings. The normalized spacial score (nSPS) is 28.7. The smallest absolute Gasteiger partial charge is 0.164 e. The molecule has 2 fully saturated rings. The van der Waals surface area contributed by atoms with Crippen LogP contribution in [-0.2, 0) is 11.3 Å². The zero-order valence-corrected chi connectivity index (χ0v) is 16.4. The van der Waals surface area contributed by atoms with Gasteiger partial charge in [0.2, 0.25) is 0 Å². The lowest BCUT2D eigenvalue weighted by Crippen LogP contribution is -2.50. The molecule has 3 heterocycles. The molecule has 2 aromatic carbocycles. The number of hydrogen-bond acceptors (Lipinski definition) is 4. The van der Waals surface area contributed by atoms with Crippen molar-refractivity contribution in [3.8, 4) is 0 Å². The Morgan fingerprint density at radius 3 is 2.81 bits per heavy atom. The summed E-state index contributed by atoms with van der Waals surface area (Å²) in [5.41, 5.74) is 2.80. The molecule has 0 aromatic heterocycles. The molecule has 2 saturated heterocycles. The van der Waals surface area contributed by atoms with E-state index in [1.54, 1.807) is 0 Å². The third-order valence-corrected chi connectivity index (χ3v) is 7.13. The van der Waals surface area contributed by atoms with Crippen LogP contribution in [0.4, 0.5) is 0 Å². The Hall–Kier alpha value is -1.82. The molecule has 3 atom stereocenters. The number of aliphatic imine (C=N–C) groups is 1. The Kier molecular flexibility index (Phi) is 4.68. The molecule has 0 radical (unpaired) electrons. The second-order valence-corrected chi connectivity index (χ2v) is 8.62. The maximum Gasteiger partial charge on any atom is 0.164 e.